The van der Waals surface area contributed by atoms with Gasteiger partial charge in [-0.2, -0.15) is 0 Å². The second kappa shape index (κ2) is 17.3. The predicted molar refractivity (Wildman–Crippen MR) is 215 cm³/mol. The summed E-state index contributed by atoms with van der Waals surface area (Å²) in [6.07, 6.45) is 0. The largest absolute Gasteiger partial charge is 1.00 e. The predicted octanol–water partition coefficient (Wildman–Crippen LogP) is 2.68. The molecule has 2 N–H and O–H groups in total. The number of amides is 2. The maximum Gasteiger partial charge on any atom is 0.356 e. The van der Waals surface area contributed by atoms with E-state index in [1.165, 1.54) is 35.1 Å². The molecule has 1 fully saturated rings. The number of thioether (sulfide) groups is 2. The molecule has 3 aromatic carbocycles. The van der Waals surface area contributed by atoms with Crippen LogP contribution in [0.5, 0.6) is 0 Å². The average Bonchev–Trinajstić information content (AvgIpc) is 3.87. The molecule has 1 saturated heterocycles. The summed E-state index contributed by atoms with van der Waals surface area (Å²) in [6, 6.07) is 29.1. The maximum absolute atomic E-state index is 13.9. The number of anilines is 1. The summed E-state index contributed by atoms with van der Waals surface area (Å²) < 4.78 is 7.90. The van der Waals surface area contributed by atoms with Crippen molar-refractivity contribution >= 4 is 69.0 Å². The van der Waals surface area contributed by atoms with Crippen LogP contribution in [0.1, 0.15) is 43.2 Å². The monoisotopic (exact) mass is 908 g/mol. The van der Waals surface area contributed by atoms with Crippen LogP contribution in [0.4, 0.5) is 5.13 Å². The van der Waals surface area contributed by atoms with Crippen molar-refractivity contribution in [3.63, 3.8) is 0 Å². The van der Waals surface area contributed by atoms with E-state index in [0.29, 0.717) is 17.4 Å². The number of carbonyl (C=O) groups is 3. The van der Waals surface area contributed by atoms with Crippen molar-refractivity contribution in [2.75, 3.05) is 37.0 Å². The Kier molecular flexibility index (Phi) is 12.7. The average molecular weight is 909 g/mol. The van der Waals surface area contributed by atoms with Gasteiger partial charge in [0.25, 0.3) is 11.8 Å². The lowest BCUT2D eigenvalue weighted by molar-refractivity contribution is -0.504. The number of fused-ring (bicyclic) bond motifs is 1. The lowest BCUT2D eigenvalue weighted by Gasteiger charge is -2.50. The summed E-state index contributed by atoms with van der Waals surface area (Å²) in [4.78, 5) is 53.6. The smallest absolute Gasteiger partial charge is 0.356 e. The zero-order chi connectivity index (χ0) is 37.9. The van der Waals surface area contributed by atoms with Gasteiger partial charge in [0.2, 0.25) is 0 Å². The summed E-state index contributed by atoms with van der Waals surface area (Å²) in [5, 5.41) is 12.9. The lowest BCUT2D eigenvalue weighted by Crippen LogP contribution is -3.00. The van der Waals surface area contributed by atoms with E-state index < -0.39 is 35.1 Å². The Morgan fingerprint density at radius 3 is 2.09 bits per heavy atom. The molecule has 2 amide bonds. The van der Waals surface area contributed by atoms with Crippen molar-refractivity contribution in [3.05, 3.63) is 129 Å². The standard InChI is InChI=1S/C40H40N6O5S3.HI/c1-39(2,3)51-37(49)34-31(22-45-20-21-52-25-45)53-24-30-33(36(48)46(30)34)42-35(47)32(44-50-4)29-23-54-38(41-29)43-40(26-14-8-5-9-15-26,27-16-10-6-11-17-27)28-18-12-7-13-19-28;/h5-19,23,25,30,33H,20-22,24H2,1-4H3,(H-,41,42,43,47);1H/t30-,33-;/m0./s1. The van der Waals surface area contributed by atoms with Gasteiger partial charge in [-0.3, -0.25) is 14.5 Å². The number of carbonyl (C=O) groups excluding carboxylic acids is 3. The van der Waals surface area contributed by atoms with Crippen LogP contribution in [-0.4, -0.2) is 92.9 Å². The fourth-order valence-electron chi connectivity index (χ4n) is 6.77. The first-order chi connectivity index (χ1) is 26.1. The molecular formula is C40H41IN6O5S3. The van der Waals surface area contributed by atoms with Gasteiger partial charge in [-0.1, -0.05) is 108 Å². The Balaban J connectivity index is 0.00000514. The van der Waals surface area contributed by atoms with Gasteiger partial charge in [-0.15, -0.1) is 23.1 Å². The number of nitrogens with one attached hydrogen (secondary N) is 2. The van der Waals surface area contributed by atoms with Crippen LogP contribution in [0.3, 0.4) is 0 Å². The number of thiazole rings is 1. The number of aromatic nitrogens is 1. The molecule has 0 aliphatic carbocycles. The maximum atomic E-state index is 13.9. The van der Waals surface area contributed by atoms with E-state index >= 15 is 0 Å². The number of β-lactam (4-membered cyclic amide) rings is 1. The second-order valence-electron chi connectivity index (χ2n) is 13.9. The van der Waals surface area contributed by atoms with E-state index in [1.54, 1.807) is 37.9 Å². The van der Waals surface area contributed by atoms with Gasteiger partial charge in [-0.25, -0.2) is 14.4 Å². The molecule has 286 valence electrons. The Bertz CT molecular complexity index is 2030. The van der Waals surface area contributed by atoms with Gasteiger partial charge in [0.1, 0.15) is 35.7 Å². The van der Waals surface area contributed by atoms with Crippen LogP contribution in [0, 0.1) is 0 Å². The Morgan fingerprint density at radius 2 is 1.56 bits per heavy atom. The van der Waals surface area contributed by atoms with Crippen molar-refractivity contribution in [1.82, 2.24) is 15.2 Å². The highest BCUT2D eigenvalue weighted by molar-refractivity contribution is 8.12. The minimum Gasteiger partial charge on any atom is -1.00 e. The number of rotatable bonds is 12. The minimum atomic E-state index is -0.877. The van der Waals surface area contributed by atoms with E-state index in [2.05, 4.69) is 56.8 Å². The van der Waals surface area contributed by atoms with Crippen LogP contribution in [0.2, 0.25) is 0 Å². The van der Waals surface area contributed by atoms with Crippen LogP contribution in [0.15, 0.2) is 112 Å². The fourth-order valence-corrected chi connectivity index (χ4v) is 9.64. The molecule has 0 bridgehead atoms. The van der Waals surface area contributed by atoms with Crippen LogP contribution in [0.25, 0.3) is 0 Å². The summed E-state index contributed by atoms with van der Waals surface area (Å²) in [7, 11) is 1.35. The molecule has 2 atom stereocenters. The van der Waals surface area contributed by atoms with Gasteiger partial charge in [0.05, 0.1) is 16.7 Å². The topological polar surface area (TPSA) is 125 Å². The molecule has 0 saturated carbocycles. The first-order valence-electron chi connectivity index (χ1n) is 17.5. The number of ether oxygens (including phenoxy) is 1. The molecule has 0 radical (unpaired) electrons. The van der Waals surface area contributed by atoms with Crippen LogP contribution < -0.4 is 34.6 Å². The van der Waals surface area contributed by atoms with Gasteiger partial charge in [-0.05, 0) is 37.5 Å². The van der Waals surface area contributed by atoms with Gasteiger partial charge in [0.15, 0.2) is 29.5 Å². The zero-order valence-electron chi connectivity index (χ0n) is 30.7. The third-order valence-electron chi connectivity index (χ3n) is 9.16. The molecule has 0 spiro atoms. The molecular weight excluding hydrogens is 868 g/mol. The van der Waals surface area contributed by atoms with Crippen molar-refractivity contribution in [3.8, 4) is 0 Å². The molecule has 4 aromatic rings. The van der Waals surface area contributed by atoms with E-state index in [-0.39, 0.29) is 47.0 Å². The second-order valence-corrected chi connectivity index (χ2v) is 16.8. The quantitative estimate of drug-likeness (QED) is 0.0421. The van der Waals surface area contributed by atoms with E-state index in [4.69, 9.17) is 14.6 Å². The van der Waals surface area contributed by atoms with E-state index in [0.717, 1.165) is 33.9 Å². The van der Waals surface area contributed by atoms with E-state index in [1.807, 2.05) is 60.1 Å². The minimum absolute atomic E-state index is 0. The number of hydrogen-bond acceptors (Lipinski definition) is 11. The lowest BCUT2D eigenvalue weighted by atomic mass is 9.77. The van der Waals surface area contributed by atoms with Crippen molar-refractivity contribution in [2.24, 2.45) is 5.16 Å². The first kappa shape index (κ1) is 40.5. The van der Waals surface area contributed by atoms with Gasteiger partial charge in [0, 0.05) is 11.1 Å². The highest BCUT2D eigenvalue weighted by atomic mass is 127. The highest BCUT2D eigenvalue weighted by Crippen LogP contribution is 2.42. The summed E-state index contributed by atoms with van der Waals surface area (Å²) in [6.45, 7) is 6.75. The molecule has 11 nitrogen and oxygen atoms in total. The van der Waals surface area contributed by atoms with Crippen molar-refractivity contribution < 1.29 is 52.5 Å². The number of halogens is 1. The molecule has 15 heteroatoms. The van der Waals surface area contributed by atoms with Crippen molar-refractivity contribution in [1.29, 1.82) is 0 Å². The summed E-state index contributed by atoms with van der Waals surface area (Å²) in [5.74, 6) is -0.0885. The van der Waals surface area contributed by atoms with Gasteiger partial charge < -0.3 is 44.2 Å². The SMILES string of the molecule is CON=C(C(=O)N[C@@H]1C(=O)N2C(C(=O)OC(C)(C)C)=C(C[N+]3=CSCC3)SC[C@@H]12)c1csc(NC(c2ccccc2)(c2ccccc2)c2ccccc2)n1.[I-]. The highest BCUT2D eigenvalue weighted by Gasteiger charge is 2.55. The molecule has 3 aliphatic rings. The van der Waals surface area contributed by atoms with Gasteiger partial charge >= 0.3 is 5.97 Å². The summed E-state index contributed by atoms with van der Waals surface area (Å²) in [5.41, 5.74) is 3.92. The van der Waals surface area contributed by atoms with Crippen molar-refractivity contribution in [2.45, 2.75) is 44.0 Å². The third kappa shape index (κ3) is 8.49. The number of hydrogen-bond donors (Lipinski definition) is 2. The summed E-state index contributed by atoms with van der Waals surface area (Å²) >= 11 is 4.56. The molecule has 3 aliphatic heterocycles. The Hall–Kier alpha value is -4.19. The number of esters is 1. The molecule has 4 heterocycles. The first-order valence-corrected chi connectivity index (χ1v) is 20.4. The molecule has 0 unspecified atom stereocenters. The van der Waals surface area contributed by atoms with E-state index in [9.17, 15) is 14.4 Å². The molecule has 55 heavy (non-hydrogen) atoms. The number of benzene rings is 3. The Labute approximate surface area is 350 Å². The fraction of sp³-hybridized carbons (Fsp3) is 0.300. The third-order valence-corrected chi connectivity index (χ3v) is 12.0. The number of oxime groups is 1. The number of nitrogens with zero attached hydrogens (tertiary/aromatic N) is 4. The molecule has 1 aromatic heterocycles. The van der Waals surface area contributed by atoms with Crippen LogP contribution >= 0.6 is 34.9 Å². The Morgan fingerprint density at radius 1 is 0.964 bits per heavy atom. The normalized spacial score (nSPS) is 18.4. The zero-order valence-corrected chi connectivity index (χ0v) is 35.3. The van der Waals surface area contributed by atoms with Crippen LogP contribution in [-0.2, 0) is 29.5 Å². The molecule has 7 rings (SSSR count).